The lowest BCUT2D eigenvalue weighted by Gasteiger charge is -2.22. The van der Waals surface area contributed by atoms with Crippen molar-refractivity contribution in [1.82, 2.24) is 25.1 Å². The average Bonchev–Trinajstić information content (AvgIpc) is 3.78. The second kappa shape index (κ2) is 15.0. The first-order valence-electron chi connectivity index (χ1n) is 15.3. The van der Waals surface area contributed by atoms with E-state index in [1.165, 1.54) is 28.9 Å². The average molecular weight is 681 g/mol. The number of hydrogen-bond donors (Lipinski definition) is 1. The number of rotatable bonds is 12. The zero-order valence-corrected chi connectivity index (χ0v) is 27.8. The summed E-state index contributed by atoms with van der Waals surface area (Å²) in [5.41, 5.74) is 3.59. The zero-order valence-electron chi connectivity index (χ0n) is 27.0. The molecule has 1 N–H and O–H groups in total. The van der Waals surface area contributed by atoms with Crippen LogP contribution >= 0.6 is 11.8 Å². The van der Waals surface area contributed by atoms with E-state index in [0.29, 0.717) is 40.2 Å². The van der Waals surface area contributed by atoms with Gasteiger partial charge in [0.2, 0.25) is 0 Å². The summed E-state index contributed by atoms with van der Waals surface area (Å²) in [6, 6.07) is 27.4. The molecule has 0 spiro atoms. The molecule has 0 saturated carbocycles. The molecule has 6 rings (SSSR count). The number of carbonyl (C=O) groups excluding carboxylic acids is 2. The van der Waals surface area contributed by atoms with Gasteiger partial charge in [-0.05, 0) is 96.1 Å². The van der Waals surface area contributed by atoms with E-state index in [0.717, 1.165) is 22.6 Å². The maximum absolute atomic E-state index is 13.9. The highest BCUT2D eigenvalue weighted by atomic mass is 32.2. The molecule has 13 heteroatoms. The number of halogens is 1. The molecule has 0 bridgehead atoms. The lowest BCUT2D eigenvalue weighted by molar-refractivity contribution is -0.130. The van der Waals surface area contributed by atoms with Gasteiger partial charge < -0.3 is 19.5 Å². The lowest BCUT2D eigenvalue weighted by atomic mass is 9.98. The summed E-state index contributed by atoms with van der Waals surface area (Å²) in [5.74, 6) is 1.51. The number of hydrazone groups is 1. The summed E-state index contributed by atoms with van der Waals surface area (Å²) >= 11 is 1.17. The van der Waals surface area contributed by atoms with Crippen molar-refractivity contribution < 1.29 is 28.2 Å². The number of hydrogen-bond acceptors (Lipinski definition) is 9. The molecule has 49 heavy (non-hydrogen) atoms. The lowest BCUT2D eigenvalue weighted by Crippen LogP contribution is -2.28. The predicted octanol–water partition coefficient (Wildman–Crippen LogP) is 5.83. The third kappa shape index (κ3) is 7.57. The summed E-state index contributed by atoms with van der Waals surface area (Å²) in [5, 5.41) is 18.2. The van der Waals surface area contributed by atoms with Crippen LogP contribution in [0.15, 0.2) is 107 Å². The van der Waals surface area contributed by atoms with Crippen LogP contribution in [-0.4, -0.2) is 64.4 Å². The van der Waals surface area contributed by atoms with Crippen molar-refractivity contribution in [3.63, 3.8) is 0 Å². The number of methoxy groups -OCH3 is 3. The van der Waals surface area contributed by atoms with E-state index in [2.05, 4.69) is 15.5 Å². The predicted molar refractivity (Wildman–Crippen MR) is 183 cm³/mol. The molecular weight excluding hydrogens is 647 g/mol. The number of carbonyl (C=O) groups is 2. The number of amides is 2. The van der Waals surface area contributed by atoms with E-state index in [4.69, 9.17) is 19.3 Å². The molecule has 4 aromatic carbocycles. The fourth-order valence-electron chi connectivity index (χ4n) is 5.34. The minimum Gasteiger partial charge on any atom is -0.497 e. The minimum atomic E-state index is -0.403. The maximum atomic E-state index is 13.9. The van der Waals surface area contributed by atoms with Crippen LogP contribution < -0.4 is 19.5 Å². The van der Waals surface area contributed by atoms with Gasteiger partial charge in [0.25, 0.3) is 11.8 Å². The van der Waals surface area contributed by atoms with Gasteiger partial charge in [0.05, 0.1) is 45.4 Å². The van der Waals surface area contributed by atoms with E-state index in [1.807, 2.05) is 48.5 Å². The van der Waals surface area contributed by atoms with Gasteiger partial charge in [0.1, 0.15) is 23.1 Å². The summed E-state index contributed by atoms with van der Waals surface area (Å²) in [6.45, 7) is 0.0327. The molecule has 5 aromatic rings. The van der Waals surface area contributed by atoms with E-state index < -0.39 is 5.82 Å². The fourth-order valence-corrected chi connectivity index (χ4v) is 6.16. The molecular formula is C36H33FN6O5S. The molecule has 2 amide bonds. The Morgan fingerprint density at radius 3 is 2.02 bits per heavy atom. The Labute approximate surface area is 286 Å². The first kappa shape index (κ1) is 33.2. The van der Waals surface area contributed by atoms with Gasteiger partial charge in [-0.3, -0.25) is 14.2 Å². The summed E-state index contributed by atoms with van der Waals surface area (Å²) in [6.07, 6.45) is 0.513. The van der Waals surface area contributed by atoms with Crippen molar-refractivity contribution in [2.45, 2.75) is 24.2 Å². The molecule has 1 aliphatic heterocycles. The summed E-state index contributed by atoms with van der Waals surface area (Å²) in [4.78, 5) is 26.8. The van der Waals surface area contributed by atoms with Gasteiger partial charge in [0, 0.05) is 17.7 Å². The molecule has 250 valence electrons. The van der Waals surface area contributed by atoms with Gasteiger partial charge in [-0.2, -0.15) is 5.10 Å². The Morgan fingerprint density at radius 1 is 0.816 bits per heavy atom. The Hall–Kier alpha value is -5.69. The van der Waals surface area contributed by atoms with Crippen molar-refractivity contribution in [3.8, 4) is 22.9 Å². The summed E-state index contributed by atoms with van der Waals surface area (Å²) < 4.78 is 31.4. The number of ether oxygens (including phenoxy) is 3. The standard InChI is InChI=1S/C36H33FN6O5S/c1-46-28-14-4-23(5-15-28)31-20-32(24-6-16-29(47-2)17-7-24)43(41-31)34(44)22-49-36-40-39-33(42(36)27-12-10-26(37)11-13-27)21-38-35(45)25-8-18-30(48-3)19-9-25/h4-19,32H,20-22H2,1-3H3,(H,38,45)/t32-/m1/s1. The minimum absolute atomic E-state index is 0.0103. The largest absolute Gasteiger partial charge is 0.497 e. The SMILES string of the molecule is COc1ccc(C(=O)NCc2nnc(SCC(=O)N3N=C(c4ccc(OC)cc4)C[C@@H]3c3ccc(OC)cc3)n2-c2ccc(F)cc2)cc1. The zero-order chi connectivity index (χ0) is 34.3. The molecule has 11 nitrogen and oxygen atoms in total. The molecule has 0 saturated heterocycles. The number of aromatic nitrogens is 3. The highest BCUT2D eigenvalue weighted by Gasteiger charge is 2.33. The molecule has 1 atom stereocenters. The Bertz CT molecular complexity index is 1950. The van der Waals surface area contributed by atoms with Crippen LogP contribution in [0.2, 0.25) is 0 Å². The van der Waals surface area contributed by atoms with Crippen molar-refractivity contribution in [3.05, 3.63) is 125 Å². The van der Waals surface area contributed by atoms with E-state index in [-0.39, 0.29) is 30.2 Å². The van der Waals surface area contributed by atoms with Crippen LogP contribution in [0.5, 0.6) is 17.2 Å². The van der Waals surface area contributed by atoms with Gasteiger partial charge in [0.15, 0.2) is 11.0 Å². The Morgan fingerprint density at radius 2 is 1.41 bits per heavy atom. The Kier molecular flexibility index (Phi) is 10.2. The number of nitrogens with zero attached hydrogens (tertiary/aromatic N) is 5. The molecule has 0 radical (unpaired) electrons. The quantitative estimate of drug-likeness (QED) is 0.164. The van der Waals surface area contributed by atoms with Crippen LogP contribution in [0.1, 0.15) is 39.8 Å². The van der Waals surface area contributed by atoms with Crippen molar-refractivity contribution >= 4 is 29.3 Å². The van der Waals surface area contributed by atoms with Gasteiger partial charge in [-0.1, -0.05) is 23.9 Å². The molecule has 1 aliphatic rings. The second-order valence-corrected chi connectivity index (χ2v) is 11.9. The van der Waals surface area contributed by atoms with Gasteiger partial charge >= 0.3 is 0 Å². The van der Waals surface area contributed by atoms with Crippen LogP contribution in [-0.2, 0) is 11.3 Å². The van der Waals surface area contributed by atoms with Crippen molar-refractivity contribution in [2.75, 3.05) is 27.1 Å². The fraction of sp³-hybridized carbons (Fsp3) is 0.194. The maximum Gasteiger partial charge on any atom is 0.253 e. The smallest absolute Gasteiger partial charge is 0.253 e. The topological polar surface area (TPSA) is 120 Å². The third-order valence-corrected chi connectivity index (χ3v) is 8.87. The molecule has 1 aromatic heterocycles. The van der Waals surface area contributed by atoms with Gasteiger partial charge in [-0.25, -0.2) is 9.40 Å². The normalized spacial score (nSPS) is 13.9. The van der Waals surface area contributed by atoms with Crippen LogP contribution in [0, 0.1) is 5.82 Å². The van der Waals surface area contributed by atoms with Crippen molar-refractivity contribution in [2.24, 2.45) is 5.10 Å². The first-order chi connectivity index (χ1) is 23.9. The number of thioether (sulfide) groups is 1. The molecule has 0 unspecified atom stereocenters. The molecule has 0 aliphatic carbocycles. The monoisotopic (exact) mass is 680 g/mol. The van der Waals surface area contributed by atoms with Crippen LogP contribution in [0.25, 0.3) is 5.69 Å². The summed E-state index contributed by atoms with van der Waals surface area (Å²) in [7, 11) is 4.77. The second-order valence-electron chi connectivity index (χ2n) is 10.9. The molecule has 0 fully saturated rings. The number of benzene rings is 4. The van der Waals surface area contributed by atoms with Crippen molar-refractivity contribution in [1.29, 1.82) is 0 Å². The highest BCUT2D eigenvalue weighted by molar-refractivity contribution is 7.99. The Balaban J connectivity index is 1.23. The van der Waals surface area contributed by atoms with E-state index >= 15 is 0 Å². The number of nitrogens with one attached hydrogen (secondary N) is 1. The van der Waals surface area contributed by atoms with Gasteiger partial charge in [-0.15, -0.1) is 10.2 Å². The van der Waals surface area contributed by atoms with E-state index in [1.54, 1.807) is 62.3 Å². The first-order valence-corrected chi connectivity index (χ1v) is 16.3. The molecule has 2 heterocycles. The van der Waals surface area contributed by atoms with Crippen LogP contribution in [0.4, 0.5) is 4.39 Å². The third-order valence-electron chi connectivity index (χ3n) is 7.96. The highest BCUT2D eigenvalue weighted by Crippen LogP contribution is 2.35. The van der Waals surface area contributed by atoms with E-state index in [9.17, 15) is 14.0 Å². The van der Waals surface area contributed by atoms with Crippen LogP contribution in [0.3, 0.4) is 0 Å².